The molecule has 2 aromatic rings. The molecule has 0 radical (unpaired) electrons. The minimum absolute atomic E-state index is 0.0340. The van der Waals surface area contributed by atoms with E-state index in [1.807, 2.05) is 0 Å². The first-order valence-corrected chi connectivity index (χ1v) is 7.36. The minimum Gasteiger partial charge on any atom is -0.495 e. The van der Waals surface area contributed by atoms with Gasteiger partial charge in [-0.2, -0.15) is 0 Å². The first-order valence-electron chi connectivity index (χ1n) is 5.38. The lowest BCUT2D eigenvalue weighted by Gasteiger charge is -2.11. The van der Waals surface area contributed by atoms with E-state index in [4.69, 9.17) is 16.3 Å². The molecule has 0 aliphatic carbocycles. The molecule has 1 heterocycles. The quantitative estimate of drug-likeness (QED) is 0.626. The van der Waals surface area contributed by atoms with Crippen LogP contribution in [0, 0.1) is 10.1 Å². The number of hydrogen-bond donors (Lipinski definition) is 1. The molecule has 0 aliphatic heterocycles. The summed E-state index contributed by atoms with van der Waals surface area (Å²) in [5.74, 6) is 0.514. The molecule has 0 unspecified atom stereocenters. The number of ether oxygens (including phenoxy) is 1. The molecule has 0 aliphatic rings. The highest BCUT2D eigenvalue weighted by Crippen LogP contribution is 2.39. The Bertz CT molecular complexity index is 650. The van der Waals surface area contributed by atoms with Crippen LogP contribution in [-0.4, -0.2) is 17.0 Å². The van der Waals surface area contributed by atoms with E-state index < -0.39 is 4.92 Å². The van der Waals surface area contributed by atoms with Crippen molar-refractivity contribution >= 4 is 50.2 Å². The van der Waals surface area contributed by atoms with Gasteiger partial charge >= 0.3 is 0 Å². The second-order valence-corrected chi connectivity index (χ2v) is 6.16. The van der Waals surface area contributed by atoms with Gasteiger partial charge in [-0.25, -0.2) is 4.98 Å². The molecule has 0 fully saturated rings. The second-order valence-electron chi connectivity index (χ2n) is 3.67. The van der Waals surface area contributed by atoms with Crippen LogP contribution in [0.1, 0.15) is 4.88 Å². The van der Waals surface area contributed by atoms with Crippen molar-refractivity contribution in [1.82, 2.24) is 4.98 Å². The predicted molar refractivity (Wildman–Crippen MR) is 81.8 cm³/mol. The Morgan fingerprint density at radius 3 is 2.90 bits per heavy atom. The highest BCUT2D eigenvalue weighted by atomic mass is 79.9. The monoisotopic (exact) mass is 377 g/mol. The van der Waals surface area contributed by atoms with Crippen LogP contribution in [0.5, 0.6) is 5.75 Å². The molecule has 9 heteroatoms. The summed E-state index contributed by atoms with van der Waals surface area (Å²) in [5.41, 5.74) is 0.326. The number of nitrogens with zero attached hydrogens (tertiary/aromatic N) is 2. The van der Waals surface area contributed by atoms with Gasteiger partial charge in [-0.05, 0) is 22.0 Å². The molecular weight excluding hydrogens is 370 g/mol. The summed E-state index contributed by atoms with van der Waals surface area (Å²) in [4.78, 5) is 15.4. The van der Waals surface area contributed by atoms with E-state index >= 15 is 0 Å². The van der Waals surface area contributed by atoms with E-state index in [-0.39, 0.29) is 5.69 Å². The van der Waals surface area contributed by atoms with Crippen molar-refractivity contribution in [3.63, 3.8) is 0 Å². The first kappa shape index (κ1) is 15.0. The van der Waals surface area contributed by atoms with Crippen LogP contribution in [0.2, 0.25) is 4.47 Å². The molecule has 0 spiro atoms. The van der Waals surface area contributed by atoms with Gasteiger partial charge in [0.1, 0.15) is 11.4 Å². The van der Waals surface area contributed by atoms with E-state index in [9.17, 15) is 10.1 Å². The summed E-state index contributed by atoms with van der Waals surface area (Å²) in [6.07, 6.45) is 1.62. The first-order chi connectivity index (χ1) is 9.52. The number of methoxy groups -OCH3 is 1. The summed E-state index contributed by atoms with van der Waals surface area (Å²) in [5, 5.41) is 14.1. The van der Waals surface area contributed by atoms with E-state index in [1.54, 1.807) is 6.20 Å². The van der Waals surface area contributed by atoms with Crippen molar-refractivity contribution < 1.29 is 9.66 Å². The lowest BCUT2D eigenvalue weighted by atomic mass is 10.2. The maximum atomic E-state index is 11.1. The average Bonchev–Trinajstić information content (AvgIpc) is 2.82. The zero-order valence-corrected chi connectivity index (χ0v) is 13.4. The molecule has 20 heavy (non-hydrogen) atoms. The number of thiazole rings is 1. The van der Waals surface area contributed by atoms with Gasteiger partial charge in [-0.1, -0.05) is 11.6 Å². The predicted octanol–water partition coefficient (Wildman–Crippen LogP) is 4.09. The molecule has 0 atom stereocenters. The van der Waals surface area contributed by atoms with Crippen LogP contribution in [-0.2, 0) is 6.54 Å². The van der Waals surface area contributed by atoms with Crippen LogP contribution in [0.3, 0.4) is 0 Å². The van der Waals surface area contributed by atoms with E-state index in [1.165, 1.54) is 30.6 Å². The molecule has 0 bridgehead atoms. The van der Waals surface area contributed by atoms with Gasteiger partial charge in [0.05, 0.1) is 23.1 Å². The lowest BCUT2D eigenvalue weighted by molar-refractivity contribution is -0.384. The Morgan fingerprint density at radius 2 is 2.35 bits per heavy atom. The number of nitrogens with one attached hydrogen (secondary N) is 1. The minimum atomic E-state index is -0.452. The highest BCUT2D eigenvalue weighted by molar-refractivity contribution is 9.10. The maximum Gasteiger partial charge on any atom is 0.293 e. The normalized spacial score (nSPS) is 10.3. The fourth-order valence-electron chi connectivity index (χ4n) is 1.57. The number of halogens is 2. The van der Waals surface area contributed by atoms with Gasteiger partial charge in [-0.15, -0.1) is 11.3 Å². The summed E-state index contributed by atoms with van der Waals surface area (Å²) in [7, 11) is 1.50. The average molecular weight is 379 g/mol. The van der Waals surface area contributed by atoms with Gasteiger partial charge < -0.3 is 10.1 Å². The smallest absolute Gasteiger partial charge is 0.293 e. The van der Waals surface area contributed by atoms with Crippen molar-refractivity contribution in [3.05, 3.63) is 42.3 Å². The van der Waals surface area contributed by atoms with Gasteiger partial charge in [0.15, 0.2) is 4.47 Å². The Labute approximate surface area is 132 Å². The SMILES string of the molecule is COc1ccc([N+](=O)[O-])c(NCc2cnc(Cl)s2)c1Br. The van der Waals surface area contributed by atoms with Crippen LogP contribution >= 0.6 is 38.9 Å². The Morgan fingerprint density at radius 1 is 1.60 bits per heavy atom. The topological polar surface area (TPSA) is 77.3 Å². The third-order valence-electron chi connectivity index (χ3n) is 2.47. The molecule has 2 rings (SSSR count). The number of aromatic nitrogens is 1. The molecule has 0 saturated carbocycles. The molecule has 1 N–H and O–H groups in total. The van der Waals surface area contributed by atoms with Crippen LogP contribution in [0.15, 0.2) is 22.8 Å². The number of nitro groups is 1. The second kappa shape index (κ2) is 6.38. The Hall–Kier alpha value is -1.38. The maximum absolute atomic E-state index is 11.1. The number of benzene rings is 1. The van der Waals surface area contributed by atoms with Crippen LogP contribution in [0.25, 0.3) is 0 Å². The Balaban J connectivity index is 2.30. The zero-order valence-electron chi connectivity index (χ0n) is 10.2. The number of hydrogen-bond acceptors (Lipinski definition) is 6. The summed E-state index contributed by atoms with van der Waals surface area (Å²) < 4.78 is 6.07. The van der Waals surface area contributed by atoms with Crippen molar-refractivity contribution in [2.75, 3.05) is 12.4 Å². The van der Waals surface area contributed by atoms with Gasteiger partial charge in [0.2, 0.25) is 0 Å². The van der Waals surface area contributed by atoms with Crippen molar-refractivity contribution in [1.29, 1.82) is 0 Å². The van der Waals surface area contributed by atoms with Gasteiger partial charge in [0.25, 0.3) is 5.69 Å². The summed E-state index contributed by atoms with van der Waals surface area (Å²) in [6, 6.07) is 2.93. The number of nitro benzene ring substituents is 1. The van der Waals surface area contributed by atoms with Crippen LogP contribution in [0.4, 0.5) is 11.4 Å². The zero-order chi connectivity index (χ0) is 14.7. The lowest BCUT2D eigenvalue weighted by Crippen LogP contribution is -2.03. The molecule has 6 nitrogen and oxygen atoms in total. The third-order valence-corrected chi connectivity index (χ3v) is 4.37. The molecular formula is C11H9BrClN3O3S. The van der Waals surface area contributed by atoms with E-state index in [0.29, 0.717) is 26.9 Å². The van der Waals surface area contributed by atoms with Crippen molar-refractivity contribution in [2.45, 2.75) is 6.54 Å². The summed E-state index contributed by atoms with van der Waals surface area (Å²) in [6.45, 7) is 0.386. The van der Waals surface area contributed by atoms with E-state index in [2.05, 4.69) is 26.2 Å². The largest absolute Gasteiger partial charge is 0.495 e. The molecule has 0 saturated heterocycles. The number of rotatable bonds is 5. The molecule has 106 valence electrons. The number of anilines is 1. The van der Waals surface area contributed by atoms with Gasteiger partial charge in [-0.3, -0.25) is 10.1 Å². The standard InChI is InChI=1S/C11H9BrClN3O3S/c1-19-8-3-2-7(16(17)18)10(9(8)12)14-4-6-5-15-11(13)20-6/h2-3,5,14H,4H2,1H3. The molecule has 1 aromatic carbocycles. The fraction of sp³-hybridized carbons (Fsp3) is 0.182. The fourth-order valence-corrected chi connectivity index (χ4v) is 3.12. The molecule has 1 aromatic heterocycles. The van der Waals surface area contributed by atoms with Crippen molar-refractivity contribution in [3.8, 4) is 5.75 Å². The van der Waals surface area contributed by atoms with E-state index in [0.717, 1.165) is 4.88 Å². The molecule has 0 amide bonds. The summed E-state index contributed by atoms with van der Waals surface area (Å²) >= 11 is 10.4. The Kier molecular flexibility index (Phi) is 4.79. The van der Waals surface area contributed by atoms with Crippen molar-refractivity contribution in [2.24, 2.45) is 0 Å². The highest BCUT2D eigenvalue weighted by Gasteiger charge is 2.20. The van der Waals surface area contributed by atoms with Gasteiger partial charge in [0, 0.05) is 17.1 Å². The third kappa shape index (κ3) is 3.20. The van der Waals surface area contributed by atoms with Crippen LogP contribution < -0.4 is 10.1 Å².